The molecule has 1 N–H and O–H groups in total. The molecule has 0 aromatic heterocycles. The molecule has 1 aromatic carbocycles. The smallest absolute Gasteiger partial charge is 0.312 e. The number of hydrogen-bond donors (Lipinski definition) is 1. The Labute approximate surface area is 127 Å². The lowest BCUT2D eigenvalue weighted by molar-refractivity contribution is -0.0328. The van der Waals surface area contributed by atoms with Gasteiger partial charge in [0.1, 0.15) is 0 Å². The van der Waals surface area contributed by atoms with Gasteiger partial charge in [-0.05, 0) is 54.8 Å². The van der Waals surface area contributed by atoms with Crippen LogP contribution < -0.4 is 5.32 Å². The van der Waals surface area contributed by atoms with Gasteiger partial charge in [-0.1, -0.05) is 12.1 Å². The lowest BCUT2D eigenvalue weighted by Crippen LogP contribution is -2.40. The fourth-order valence-electron chi connectivity index (χ4n) is 3.32. The van der Waals surface area contributed by atoms with Gasteiger partial charge in [0.25, 0.3) is 0 Å². The Morgan fingerprint density at radius 3 is 2.62 bits per heavy atom. The molecule has 3 rings (SSSR count). The fraction of sp³-hybridized carbons (Fsp3) is 0.600. The van der Waals surface area contributed by atoms with Gasteiger partial charge in [0.05, 0.1) is 0 Å². The summed E-state index contributed by atoms with van der Waals surface area (Å²) in [6.07, 6.45) is 2.54. The predicted octanol–water partition coefficient (Wildman–Crippen LogP) is 3.48. The van der Waals surface area contributed by atoms with Crippen LogP contribution in [0.5, 0.6) is 0 Å². The molecule has 2 aliphatic rings. The average molecular weight is 316 g/mol. The van der Waals surface area contributed by atoms with Crippen molar-refractivity contribution in [3.05, 3.63) is 29.8 Å². The van der Waals surface area contributed by atoms with Crippen LogP contribution in [0.25, 0.3) is 0 Å². The largest absolute Gasteiger partial charge is 0.446 e. The van der Waals surface area contributed by atoms with E-state index in [9.17, 15) is 13.2 Å². The maximum Gasteiger partial charge on any atom is 0.446 e. The summed E-state index contributed by atoms with van der Waals surface area (Å²) in [4.78, 5) is 2.66. The molecule has 0 amide bonds. The molecule has 0 radical (unpaired) electrons. The number of likely N-dealkylation sites (tertiary alicyclic amines) is 1. The zero-order valence-corrected chi connectivity index (χ0v) is 12.5. The lowest BCUT2D eigenvalue weighted by Gasteiger charge is -2.24. The van der Waals surface area contributed by atoms with Crippen molar-refractivity contribution in [2.75, 3.05) is 19.6 Å². The molecule has 0 aliphatic carbocycles. The summed E-state index contributed by atoms with van der Waals surface area (Å²) in [6, 6.07) is 7.34. The zero-order valence-electron chi connectivity index (χ0n) is 11.7. The summed E-state index contributed by atoms with van der Waals surface area (Å²) in [5.41, 5.74) is -3.13. The maximum atomic E-state index is 12.3. The van der Waals surface area contributed by atoms with E-state index in [0.717, 1.165) is 37.7 Å². The summed E-state index contributed by atoms with van der Waals surface area (Å²) in [5.74, 6) is 0.735. The van der Waals surface area contributed by atoms with E-state index < -0.39 is 5.51 Å². The van der Waals surface area contributed by atoms with Crippen LogP contribution in [0.15, 0.2) is 29.2 Å². The molecule has 116 valence electrons. The average Bonchev–Trinajstić information content (AvgIpc) is 2.81. The quantitative estimate of drug-likeness (QED) is 0.860. The van der Waals surface area contributed by atoms with E-state index in [-0.39, 0.29) is 16.7 Å². The predicted molar refractivity (Wildman–Crippen MR) is 78.1 cm³/mol. The molecule has 1 aromatic rings. The van der Waals surface area contributed by atoms with E-state index in [1.165, 1.54) is 12.8 Å². The van der Waals surface area contributed by atoms with Crippen molar-refractivity contribution in [1.29, 1.82) is 0 Å². The van der Waals surface area contributed by atoms with Crippen LogP contribution in [-0.2, 0) is 6.54 Å². The first kappa shape index (κ1) is 15.2. The molecule has 21 heavy (non-hydrogen) atoms. The van der Waals surface area contributed by atoms with Gasteiger partial charge >= 0.3 is 5.51 Å². The third-order valence-corrected chi connectivity index (χ3v) is 4.98. The highest BCUT2D eigenvalue weighted by molar-refractivity contribution is 8.00. The molecule has 2 unspecified atom stereocenters. The SMILES string of the molecule is FC(F)(F)Sc1ccc(CN2CC3CCCNC3C2)cc1. The number of nitrogens with zero attached hydrogens (tertiary/aromatic N) is 1. The number of rotatable bonds is 3. The zero-order chi connectivity index (χ0) is 14.9. The summed E-state index contributed by atoms with van der Waals surface area (Å²) in [7, 11) is 0. The molecule has 2 heterocycles. The third kappa shape index (κ3) is 4.14. The van der Waals surface area contributed by atoms with Crippen LogP contribution in [0.3, 0.4) is 0 Å². The van der Waals surface area contributed by atoms with Gasteiger partial charge in [0, 0.05) is 30.6 Å². The summed E-state index contributed by atoms with van der Waals surface area (Å²) in [6.45, 7) is 4.07. The minimum Gasteiger partial charge on any atom is -0.312 e. The second-order valence-corrected chi connectivity index (χ2v) is 6.99. The maximum absolute atomic E-state index is 12.3. The molecule has 2 aliphatic heterocycles. The first-order valence-corrected chi connectivity index (χ1v) is 8.12. The molecular formula is C15H19F3N2S. The van der Waals surface area contributed by atoms with Crippen LogP contribution in [-0.4, -0.2) is 36.1 Å². The number of benzene rings is 1. The van der Waals surface area contributed by atoms with Crippen LogP contribution in [0, 0.1) is 5.92 Å². The van der Waals surface area contributed by atoms with Gasteiger partial charge in [0.2, 0.25) is 0 Å². The Bertz CT molecular complexity index is 461. The van der Waals surface area contributed by atoms with Crippen LogP contribution >= 0.6 is 11.8 Å². The summed E-state index contributed by atoms with van der Waals surface area (Å²) < 4.78 is 36.9. The summed E-state index contributed by atoms with van der Waals surface area (Å²) in [5, 5.41) is 3.56. The van der Waals surface area contributed by atoms with Crippen molar-refractivity contribution in [3.63, 3.8) is 0 Å². The topological polar surface area (TPSA) is 15.3 Å². The molecule has 6 heteroatoms. The first-order chi connectivity index (χ1) is 9.99. The van der Waals surface area contributed by atoms with Gasteiger partial charge in [-0.2, -0.15) is 13.2 Å². The van der Waals surface area contributed by atoms with Gasteiger partial charge in [-0.3, -0.25) is 4.90 Å². The Balaban J connectivity index is 1.56. The fourth-order valence-corrected chi connectivity index (χ4v) is 3.86. The van der Waals surface area contributed by atoms with E-state index >= 15 is 0 Å². The minimum absolute atomic E-state index is 0.0551. The van der Waals surface area contributed by atoms with Gasteiger partial charge in [-0.15, -0.1) is 0 Å². The Morgan fingerprint density at radius 1 is 1.19 bits per heavy atom. The number of fused-ring (bicyclic) bond motifs is 1. The highest BCUT2D eigenvalue weighted by Gasteiger charge is 2.34. The standard InChI is InChI=1S/C15H19F3N2S/c16-15(17,18)21-13-5-3-11(4-6-13)8-20-9-12-2-1-7-19-14(12)10-20/h3-6,12,14,19H,1-2,7-10H2. The Hall–Kier alpha value is -0.720. The van der Waals surface area contributed by atoms with E-state index in [1.807, 2.05) is 12.1 Å². The first-order valence-electron chi connectivity index (χ1n) is 7.30. The molecule has 0 saturated carbocycles. The van der Waals surface area contributed by atoms with Gasteiger partial charge < -0.3 is 5.32 Å². The highest BCUT2D eigenvalue weighted by Crippen LogP contribution is 2.36. The Morgan fingerprint density at radius 2 is 1.95 bits per heavy atom. The number of hydrogen-bond acceptors (Lipinski definition) is 3. The van der Waals surface area contributed by atoms with Crippen molar-refractivity contribution in [3.8, 4) is 0 Å². The molecule has 2 nitrogen and oxygen atoms in total. The minimum atomic E-state index is -4.21. The third-order valence-electron chi connectivity index (χ3n) is 4.24. The van der Waals surface area contributed by atoms with Gasteiger partial charge in [0.15, 0.2) is 0 Å². The highest BCUT2D eigenvalue weighted by atomic mass is 32.2. The number of alkyl halides is 3. The number of halogens is 3. The molecule has 2 saturated heterocycles. The molecule has 2 fully saturated rings. The van der Waals surface area contributed by atoms with Crippen molar-refractivity contribution < 1.29 is 13.2 Å². The van der Waals surface area contributed by atoms with E-state index in [1.54, 1.807) is 12.1 Å². The Kier molecular flexibility index (Phi) is 4.47. The van der Waals surface area contributed by atoms with Crippen molar-refractivity contribution in [2.45, 2.75) is 35.8 Å². The molecule has 0 bridgehead atoms. The number of thioether (sulfide) groups is 1. The van der Waals surface area contributed by atoms with E-state index in [0.29, 0.717) is 6.04 Å². The van der Waals surface area contributed by atoms with E-state index in [4.69, 9.17) is 0 Å². The lowest BCUT2D eigenvalue weighted by atomic mass is 9.94. The monoisotopic (exact) mass is 316 g/mol. The van der Waals surface area contributed by atoms with Crippen LogP contribution in [0.2, 0.25) is 0 Å². The van der Waals surface area contributed by atoms with E-state index in [2.05, 4.69) is 10.2 Å². The van der Waals surface area contributed by atoms with Crippen LogP contribution in [0.4, 0.5) is 13.2 Å². The van der Waals surface area contributed by atoms with Crippen LogP contribution in [0.1, 0.15) is 18.4 Å². The molecule has 2 atom stereocenters. The van der Waals surface area contributed by atoms with Crippen molar-refractivity contribution in [2.24, 2.45) is 5.92 Å². The van der Waals surface area contributed by atoms with Gasteiger partial charge in [-0.25, -0.2) is 0 Å². The number of piperidine rings is 1. The molecule has 0 spiro atoms. The second-order valence-electron chi connectivity index (χ2n) is 5.85. The summed E-state index contributed by atoms with van der Waals surface area (Å²) >= 11 is -0.0551. The van der Waals surface area contributed by atoms with Crippen molar-refractivity contribution in [1.82, 2.24) is 10.2 Å². The molecular weight excluding hydrogens is 297 g/mol. The second kappa shape index (κ2) is 6.18. The van der Waals surface area contributed by atoms with Crippen molar-refractivity contribution >= 4 is 11.8 Å². The number of nitrogens with one attached hydrogen (secondary N) is 1. The normalized spacial score (nSPS) is 26.8.